The summed E-state index contributed by atoms with van der Waals surface area (Å²) in [6, 6.07) is 9.20. The van der Waals surface area contributed by atoms with Crippen molar-refractivity contribution in [3.8, 4) is 11.3 Å². The van der Waals surface area contributed by atoms with Crippen LogP contribution in [-0.2, 0) is 11.4 Å². The number of hydrogen-bond acceptors (Lipinski definition) is 5. The van der Waals surface area contributed by atoms with Gasteiger partial charge in [0.05, 0.1) is 12.3 Å². The third-order valence-electron chi connectivity index (χ3n) is 4.23. The van der Waals surface area contributed by atoms with Gasteiger partial charge in [0.25, 0.3) is 5.91 Å². The Morgan fingerprint density at radius 2 is 2.11 bits per heavy atom. The van der Waals surface area contributed by atoms with Gasteiger partial charge in [-0.25, -0.2) is 15.4 Å². The molecule has 0 unspecified atom stereocenters. The Morgan fingerprint density at radius 3 is 2.86 bits per heavy atom. The molecule has 0 bridgehead atoms. The number of carbonyl (C=O) groups excluding carboxylic acids is 1. The predicted octanol–water partition coefficient (Wildman–Crippen LogP) is 4.04. The Morgan fingerprint density at radius 1 is 1.29 bits per heavy atom. The van der Waals surface area contributed by atoms with E-state index in [1.54, 1.807) is 18.3 Å². The summed E-state index contributed by atoms with van der Waals surface area (Å²) < 4.78 is 0. The number of carbonyl (C=O) groups is 1. The Bertz CT molecular complexity index is 986. The number of aryl methyl sites for hydroxylation is 1. The lowest BCUT2D eigenvalue weighted by atomic mass is 10.1. The van der Waals surface area contributed by atoms with Gasteiger partial charge in [-0.1, -0.05) is 23.7 Å². The number of nitrogens with one attached hydrogen (secondary N) is 3. The Labute approximate surface area is 168 Å². The van der Waals surface area contributed by atoms with Crippen LogP contribution in [0, 0.1) is 13.8 Å². The third-order valence-corrected chi connectivity index (χ3v) is 4.46. The first-order chi connectivity index (χ1) is 13.5. The quantitative estimate of drug-likeness (QED) is 0.521. The van der Waals surface area contributed by atoms with Gasteiger partial charge >= 0.3 is 0 Å². The van der Waals surface area contributed by atoms with Crippen LogP contribution >= 0.6 is 11.6 Å². The highest BCUT2D eigenvalue weighted by Crippen LogP contribution is 2.28. The van der Waals surface area contributed by atoms with Gasteiger partial charge in [0.15, 0.2) is 0 Å². The highest BCUT2D eigenvalue weighted by atomic mass is 35.5. The lowest BCUT2D eigenvalue weighted by Gasteiger charge is -2.07. The summed E-state index contributed by atoms with van der Waals surface area (Å²) in [6.07, 6.45) is 1.65. The molecule has 28 heavy (non-hydrogen) atoms. The largest absolute Gasteiger partial charge is 0.354 e. The van der Waals surface area contributed by atoms with Gasteiger partial charge in [0.1, 0.15) is 5.69 Å². The van der Waals surface area contributed by atoms with Crippen molar-refractivity contribution in [1.82, 2.24) is 20.3 Å². The van der Waals surface area contributed by atoms with E-state index in [4.69, 9.17) is 16.4 Å². The van der Waals surface area contributed by atoms with E-state index in [1.807, 2.05) is 39.0 Å². The lowest BCUT2D eigenvalue weighted by molar-refractivity contribution is 0.0946. The highest BCUT2D eigenvalue weighted by molar-refractivity contribution is 6.30. The van der Waals surface area contributed by atoms with Crippen molar-refractivity contribution >= 4 is 23.5 Å². The van der Waals surface area contributed by atoms with Crippen LogP contribution in [0.5, 0.6) is 0 Å². The first-order valence-corrected chi connectivity index (χ1v) is 9.30. The second-order valence-corrected chi connectivity index (χ2v) is 6.67. The van der Waals surface area contributed by atoms with E-state index >= 15 is 0 Å². The summed E-state index contributed by atoms with van der Waals surface area (Å²) in [5, 5.41) is 3.56. The molecule has 0 aliphatic heterocycles. The molecule has 3 aromatic rings. The van der Waals surface area contributed by atoms with Gasteiger partial charge in [0.2, 0.25) is 5.95 Å². The minimum absolute atomic E-state index is 0.187. The molecule has 146 valence electrons. The lowest BCUT2D eigenvalue weighted by Crippen LogP contribution is -2.23. The molecule has 0 saturated carbocycles. The number of nitrogens with zero attached hydrogens (tertiary/aromatic N) is 2. The number of aromatic nitrogens is 3. The first kappa shape index (κ1) is 19.9. The zero-order valence-electron chi connectivity index (χ0n) is 16.0. The van der Waals surface area contributed by atoms with E-state index in [1.165, 1.54) is 0 Å². The Hall–Kier alpha value is -2.90. The zero-order chi connectivity index (χ0) is 20.1. The van der Waals surface area contributed by atoms with Gasteiger partial charge in [-0.3, -0.25) is 9.63 Å². The van der Waals surface area contributed by atoms with Crippen molar-refractivity contribution in [3.05, 3.63) is 64.1 Å². The number of H-pyrrole nitrogens is 1. The van der Waals surface area contributed by atoms with Gasteiger partial charge in [-0.05, 0) is 50.1 Å². The Kier molecular flexibility index (Phi) is 6.28. The van der Waals surface area contributed by atoms with E-state index in [0.29, 0.717) is 35.5 Å². The van der Waals surface area contributed by atoms with Gasteiger partial charge in [-0.15, -0.1) is 0 Å². The van der Waals surface area contributed by atoms with Crippen LogP contribution in [0.25, 0.3) is 11.3 Å². The Balaban J connectivity index is 1.80. The number of aromatic amines is 1. The standard InChI is InChI=1S/C20H22ClN5O2/c1-4-28-26-20-22-9-8-16(25-20)17-12(2)18(24-13(17)3)19(27)23-11-14-6-5-7-15(21)10-14/h5-10,24H,4,11H2,1-3H3,(H,23,27)(H,22,25,26). The van der Waals surface area contributed by atoms with E-state index in [-0.39, 0.29) is 5.91 Å². The average Bonchev–Trinajstić information content (AvgIpc) is 2.99. The van der Waals surface area contributed by atoms with Crippen molar-refractivity contribution in [3.63, 3.8) is 0 Å². The predicted molar refractivity (Wildman–Crippen MR) is 109 cm³/mol. The fourth-order valence-electron chi connectivity index (χ4n) is 2.96. The van der Waals surface area contributed by atoms with Gasteiger partial charge in [-0.2, -0.15) is 0 Å². The second kappa shape index (κ2) is 8.86. The van der Waals surface area contributed by atoms with E-state index in [2.05, 4.69) is 25.7 Å². The molecule has 0 radical (unpaired) electrons. The number of anilines is 1. The van der Waals surface area contributed by atoms with Crippen LogP contribution in [0.2, 0.25) is 5.02 Å². The molecule has 2 heterocycles. The van der Waals surface area contributed by atoms with Crippen molar-refractivity contribution in [2.45, 2.75) is 27.3 Å². The number of hydrogen-bond donors (Lipinski definition) is 3. The number of benzene rings is 1. The maximum atomic E-state index is 12.7. The zero-order valence-corrected chi connectivity index (χ0v) is 16.7. The van der Waals surface area contributed by atoms with Crippen LogP contribution in [-0.4, -0.2) is 27.5 Å². The molecule has 0 spiro atoms. The molecule has 3 N–H and O–H groups in total. The molecule has 8 heteroatoms. The van der Waals surface area contributed by atoms with Crippen LogP contribution in [0.15, 0.2) is 36.5 Å². The molecule has 0 saturated heterocycles. The molecule has 1 amide bonds. The van der Waals surface area contributed by atoms with Crippen molar-refractivity contribution in [1.29, 1.82) is 0 Å². The van der Waals surface area contributed by atoms with E-state index in [0.717, 1.165) is 22.4 Å². The SMILES string of the molecule is CCONc1nccc(-c2c(C)[nH]c(C(=O)NCc3cccc(Cl)c3)c2C)n1. The smallest absolute Gasteiger partial charge is 0.268 e. The monoisotopic (exact) mass is 399 g/mol. The maximum absolute atomic E-state index is 12.7. The van der Waals surface area contributed by atoms with E-state index < -0.39 is 0 Å². The fourth-order valence-corrected chi connectivity index (χ4v) is 3.18. The summed E-state index contributed by atoms with van der Waals surface area (Å²) in [5.74, 6) is 0.180. The van der Waals surface area contributed by atoms with Crippen LogP contribution in [0.4, 0.5) is 5.95 Å². The van der Waals surface area contributed by atoms with Gasteiger partial charge in [0, 0.05) is 29.0 Å². The summed E-state index contributed by atoms with van der Waals surface area (Å²) in [4.78, 5) is 29.6. The highest BCUT2D eigenvalue weighted by Gasteiger charge is 2.19. The number of rotatable bonds is 7. The summed E-state index contributed by atoms with van der Waals surface area (Å²) >= 11 is 5.99. The average molecular weight is 400 g/mol. The number of halogens is 1. The molecular formula is C20H22ClN5O2. The third kappa shape index (κ3) is 4.49. The maximum Gasteiger partial charge on any atom is 0.268 e. The minimum atomic E-state index is -0.187. The molecule has 7 nitrogen and oxygen atoms in total. The molecule has 0 aliphatic rings. The van der Waals surface area contributed by atoms with Crippen molar-refractivity contribution < 1.29 is 9.63 Å². The van der Waals surface area contributed by atoms with Gasteiger partial charge < -0.3 is 10.3 Å². The van der Waals surface area contributed by atoms with Crippen LogP contribution in [0.1, 0.15) is 34.2 Å². The fraction of sp³-hybridized carbons (Fsp3) is 0.250. The topological polar surface area (TPSA) is 91.9 Å². The first-order valence-electron chi connectivity index (χ1n) is 8.92. The van der Waals surface area contributed by atoms with Crippen molar-refractivity contribution in [2.24, 2.45) is 0 Å². The summed E-state index contributed by atoms with van der Waals surface area (Å²) in [5.41, 5.74) is 7.39. The number of amides is 1. The van der Waals surface area contributed by atoms with Crippen molar-refractivity contribution in [2.75, 3.05) is 12.1 Å². The van der Waals surface area contributed by atoms with E-state index in [9.17, 15) is 4.79 Å². The molecule has 0 atom stereocenters. The molecule has 2 aromatic heterocycles. The summed E-state index contributed by atoms with van der Waals surface area (Å²) in [7, 11) is 0. The summed E-state index contributed by atoms with van der Waals surface area (Å²) in [6.45, 7) is 6.55. The normalized spacial score (nSPS) is 10.7. The molecule has 0 fully saturated rings. The van der Waals surface area contributed by atoms with Crippen LogP contribution < -0.4 is 10.8 Å². The second-order valence-electron chi connectivity index (χ2n) is 6.24. The van der Waals surface area contributed by atoms with Crippen LogP contribution in [0.3, 0.4) is 0 Å². The minimum Gasteiger partial charge on any atom is -0.354 e. The molecule has 0 aliphatic carbocycles. The molecule has 1 aromatic carbocycles. The molecule has 3 rings (SSSR count). The molecular weight excluding hydrogens is 378 g/mol.